The summed E-state index contributed by atoms with van der Waals surface area (Å²) in [5, 5.41) is 6.86. The number of carbonyl (C=O) groups excluding carboxylic acids is 1. The van der Waals surface area contributed by atoms with Gasteiger partial charge in [0, 0.05) is 37.8 Å². The number of carbonyl (C=O) groups is 1. The van der Waals surface area contributed by atoms with Crippen LogP contribution in [0.15, 0.2) is 18.2 Å². The molecule has 124 valence electrons. The van der Waals surface area contributed by atoms with E-state index in [0.29, 0.717) is 24.7 Å². The maximum absolute atomic E-state index is 11.5. The number of nitrogens with one attached hydrogen (secondary N) is 2. The third-order valence-corrected chi connectivity index (χ3v) is 4.11. The second kappa shape index (κ2) is 7.50. The number of amides is 1. The molecular formula is C16H21N3O3S. The van der Waals surface area contributed by atoms with Crippen molar-refractivity contribution in [3.05, 3.63) is 18.2 Å². The molecule has 0 bridgehead atoms. The normalized spacial score (nSPS) is 16.3. The summed E-state index contributed by atoms with van der Waals surface area (Å²) in [5.41, 5.74) is 0.862. The molecule has 0 radical (unpaired) electrons. The Morgan fingerprint density at radius 3 is 2.87 bits per heavy atom. The van der Waals surface area contributed by atoms with Crippen LogP contribution in [0.2, 0.25) is 0 Å². The molecule has 0 atom stereocenters. The number of hydrogen-bond donors (Lipinski definition) is 2. The largest absolute Gasteiger partial charge is 0.486 e. The third kappa shape index (κ3) is 4.25. The van der Waals surface area contributed by atoms with Crippen LogP contribution < -0.4 is 20.1 Å². The predicted molar refractivity (Wildman–Crippen MR) is 92.1 cm³/mol. The highest BCUT2D eigenvalue weighted by Gasteiger charge is 2.19. The first-order chi connectivity index (χ1) is 11.2. The highest BCUT2D eigenvalue weighted by atomic mass is 32.1. The Labute approximate surface area is 141 Å². The van der Waals surface area contributed by atoms with E-state index in [1.54, 1.807) is 0 Å². The van der Waals surface area contributed by atoms with Gasteiger partial charge in [-0.1, -0.05) is 0 Å². The molecule has 6 nitrogen and oxygen atoms in total. The van der Waals surface area contributed by atoms with E-state index in [1.807, 2.05) is 23.1 Å². The second-order valence-electron chi connectivity index (χ2n) is 5.58. The molecule has 3 rings (SSSR count). The summed E-state index contributed by atoms with van der Waals surface area (Å²) in [6, 6.07) is 5.66. The molecule has 23 heavy (non-hydrogen) atoms. The fraction of sp³-hybridized carbons (Fsp3) is 0.500. The Morgan fingerprint density at radius 2 is 2.09 bits per heavy atom. The fourth-order valence-electron chi connectivity index (χ4n) is 2.71. The maximum Gasteiger partial charge on any atom is 0.222 e. The second-order valence-corrected chi connectivity index (χ2v) is 5.99. The molecule has 0 spiro atoms. The van der Waals surface area contributed by atoms with E-state index < -0.39 is 0 Å². The monoisotopic (exact) mass is 335 g/mol. The number of anilines is 1. The van der Waals surface area contributed by atoms with Crippen molar-refractivity contribution in [2.45, 2.75) is 19.3 Å². The number of rotatable bonds is 5. The van der Waals surface area contributed by atoms with Crippen molar-refractivity contribution >= 4 is 28.9 Å². The van der Waals surface area contributed by atoms with Gasteiger partial charge in [0.2, 0.25) is 5.91 Å². The molecule has 0 aliphatic carbocycles. The number of benzene rings is 1. The van der Waals surface area contributed by atoms with Crippen molar-refractivity contribution in [2.24, 2.45) is 0 Å². The summed E-state index contributed by atoms with van der Waals surface area (Å²) in [7, 11) is 0. The Bertz CT molecular complexity index is 594. The van der Waals surface area contributed by atoms with Crippen LogP contribution in [0, 0.1) is 0 Å². The van der Waals surface area contributed by atoms with Crippen molar-refractivity contribution in [3.8, 4) is 11.5 Å². The molecule has 2 aliphatic heterocycles. The van der Waals surface area contributed by atoms with E-state index in [9.17, 15) is 4.79 Å². The average molecular weight is 335 g/mol. The molecule has 0 saturated carbocycles. The zero-order valence-electron chi connectivity index (χ0n) is 13.0. The van der Waals surface area contributed by atoms with Crippen molar-refractivity contribution in [1.82, 2.24) is 10.2 Å². The van der Waals surface area contributed by atoms with Gasteiger partial charge in [0.1, 0.15) is 13.2 Å². The zero-order chi connectivity index (χ0) is 16.1. The first-order valence-electron chi connectivity index (χ1n) is 7.95. The standard InChI is InChI=1S/C16H21N3O3S/c20-15-3-1-7-19(15)8-2-6-17-16(23)18-12-4-5-13-14(11-12)22-10-9-21-13/h4-5,11H,1-3,6-10H2,(H2,17,18,23). The van der Waals surface area contributed by atoms with E-state index in [0.717, 1.165) is 49.7 Å². The zero-order valence-corrected chi connectivity index (χ0v) is 13.8. The Morgan fingerprint density at radius 1 is 1.26 bits per heavy atom. The van der Waals surface area contributed by atoms with Gasteiger partial charge in [-0.05, 0) is 37.2 Å². The minimum Gasteiger partial charge on any atom is -0.486 e. The number of fused-ring (bicyclic) bond motifs is 1. The van der Waals surface area contributed by atoms with Crippen LogP contribution in [0.1, 0.15) is 19.3 Å². The van der Waals surface area contributed by atoms with E-state index in [1.165, 1.54) is 0 Å². The van der Waals surface area contributed by atoms with Gasteiger partial charge in [-0.25, -0.2) is 0 Å². The number of likely N-dealkylation sites (tertiary alicyclic amines) is 1. The van der Waals surface area contributed by atoms with Crippen LogP contribution in [0.4, 0.5) is 5.69 Å². The smallest absolute Gasteiger partial charge is 0.222 e. The molecule has 0 unspecified atom stereocenters. The predicted octanol–water partition coefficient (Wildman–Crippen LogP) is 1.76. The van der Waals surface area contributed by atoms with Gasteiger partial charge in [-0.3, -0.25) is 4.79 Å². The van der Waals surface area contributed by atoms with Crippen LogP contribution in [0.25, 0.3) is 0 Å². The summed E-state index contributed by atoms with van der Waals surface area (Å²) in [4.78, 5) is 13.4. The van der Waals surface area contributed by atoms with Gasteiger partial charge >= 0.3 is 0 Å². The van der Waals surface area contributed by atoms with Crippen LogP contribution in [0.5, 0.6) is 11.5 Å². The van der Waals surface area contributed by atoms with E-state index >= 15 is 0 Å². The fourth-order valence-corrected chi connectivity index (χ4v) is 2.93. The first-order valence-corrected chi connectivity index (χ1v) is 8.35. The lowest BCUT2D eigenvalue weighted by Crippen LogP contribution is -2.32. The molecule has 1 fully saturated rings. The molecule has 1 saturated heterocycles. The van der Waals surface area contributed by atoms with Crippen LogP contribution in [0.3, 0.4) is 0 Å². The average Bonchev–Trinajstić information content (AvgIpc) is 2.97. The van der Waals surface area contributed by atoms with Crippen molar-refractivity contribution in [3.63, 3.8) is 0 Å². The summed E-state index contributed by atoms with van der Waals surface area (Å²) in [6.45, 7) is 3.56. The molecule has 0 aromatic heterocycles. The third-order valence-electron chi connectivity index (χ3n) is 3.86. The Balaban J connectivity index is 1.40. The maximum atomic E-state index is 11.5. The van der Waals surface area contributed by atoms with Gasteiger partial charge in [0.05, 0.1) is 0 Å². The number of thiocarbonyl (C=S) groups is 1. The summed E-state index contributed by atoms with van der Waals surface area (Å²) in [5.74, 6) is 1.76. The summed E-state index contributed by atoms with van der Waals surface area (Å²) >= 11 is 5.29. The molecular weight excluding hydrogens is 314 g/mol. The van der Waals surface area contributed by atoms with Gasteiger partial charge in [0.25, 0.3) is 0 Å². The van der Waals surface area contributed by atoms with Crippen molar-refractivity contribution in [2.75, 3.05) is 38.2 Å². The molecule has 2 heterocycles. The Kier molecular flexibility index (Phi) is 5.17. The van der Waals surface area contributed by atoms with Crippen LogP contribution >= 0.6 is 12.2 Å². The number of ether oxygens (including phenoxy) is 2. The highest BCUT2D eigenvalue weighted by molar-refractivity contribution is 7.80. The van der Waals surface area contributed by atoms with E-state index in [-0.39, 0.29) is 5.91 Å². The Hall–Kier alpha value is -2.02. The molecule has 1 aromatic rings. The van der Waals surface area contributed by atoms with Gasteiger partial charge in [0.15, 0.2) is 16.6 Å². The minimum atomic E-state index is 0.266. The van der Waals surface area contributed by atoms with Gasteiger partial charge in [-0.15, -0.1) is 0 Å². The molecule has 1 aromatic carbocycles. The minimum absolute atomic E-state index is 0.266. The lowest BCUT2D eigenvalue weighted by molar-refractivity contribution is -0.127. The number of nitrogens with zero attached hydrogens (tertiary/aromatic N) is 1. The van der Waals surface area contributed by atoms with Crippen molar-refractivity contribution < 1.29 is 14.3 Å². The van der Waals surface area contributed by atoms with Crippen LogP contribution in [-0.2, 0) is 4.79 Å². The lowest BCUT2D eigenvalue weighted by Gasteiger charge is -2.19. The van der Waals surface area contributed by atoms with Crippen molar-refractivity contribution in [1.29, 1.82) is 0 Å². The van der Waals surface area contributed by atoms with Gasteiger partial charge in [-0.2, -0.15) is 0 Å². The van der Waals surface area contributed by atoms with E-state index in [4.69, 9.17) is 21.7 Å². The first kappa shape index (κ1) is 15.9. The molecule has 2 N–H and O–H groups in total. The molecule has 1 amide bonds. The molecule has 2 aliphatic rings. The summed E-state index contributed by atoms with van der Waals surface area (Å²) < 4.78 is 11.0. The summed E-state index contributed by atoms with van der Waals surface area (Å²) in [6.07, 6.45) is 2.56. The quantitative estimate of drug-likeness (QED) is 0.631. The SMILES string of the molecule is O=C1CCCN1CCCNC(=S)Nc1ccc2c(c1)OCCO2. The van der Waals surface area contributed by atoms with E-state index in [2.05, 4.69) is 10.6 Å². The van der Waals surface area contributed by atoms with Gasteiger partial charge < -0.3 is 25.0 Å². The topological polar surface area (TPSA) is 62.8 Å². The number of hydrogen-bond acceptors (Lipinski definition) is 4. The lowest BCUT2D eigenvalue weighted by atomic mass is 10.2. The highest BCUT2D eigenvalue weighted by Crippen LogP contribution is 2.32. The molecule has 7 heteroatoms. The van der Waals surface area contributed by atoms with Crippen LogP contribution in [-0.4, -0.2) is 48.8 Å².